The molecule has 2 N–H and O–H groups in total. The number of amides is 2. The number of methoxy groups -OCH3 is 1. The van der Waals surface area contributed by atoms with Gasteiger partial charge in [0.2, 0.25) is 0 Å². The minimum absolute atomic E-state index is 0.258. The van der Waals surface area contributed by atoms with Gasteiger partial charge in [0.15, 0.2) is 0 Å². The van der Waals surface area contributed by atoms with Crippen LogP contribution in [0.4, 0.5) is 10.5 Å². The van der Waals surface area contributed by atoms with Crippen molar-refractivity contribution in [1.82, 2.24) is 9.88 Å². The molecule has 32 heavy (non-hydrogen) atoms. The quantitative estimate of drug-likeness (QED) is 0.485. The lowest BCUT2D eigenvalue weighted by Gasteiger charge is -2.23. The smallest absolute Gasteiger partial charge is 0.340 e. The fourth-order valence-electron chi connectivity index (χ4n) is 3.58. The molecule has 0 saturated carbocycles. The molecule has 7 nitrogen and oxygen atoms in total. The third kappa shape index (κ3) is 5.49. The number of anilines is 1. The minimum Gasteiger partial charge on any atom is -0.497 e. The Labute approximate surface area is 188 Å². The van der Waals surface area contributed by atoms with E-state index in [0.29, 0.717) is 36.7 Å². The van der Waals surface area contributed by atoms with Crippen LogP contribution in [-0.2, 0) is 17.8 Å². The van der Waals surface area contributed by atoms with Crippen LogP contribution in [-0.4, -0.2) is 35.6 Å². The number of carbonyl (C=O) groups excluding carboxylic acids is 2. The number of hydrogen-bond donors (Lipinski definition) is 2. The maximum absolute atomic E-state index is 13.2. The average Bonchev–Trinajstić information content (AvgIpc) is 3.07. The zero-order valence-electron chi connectivity index (χ0n) is 18.9. The second kappa shape index (κ2) is 10.5. The Kier molecular flexibility index (Phi) is 7.54. The molecular weight excluding hydrogens is 406 g/mol. The molecule has 0 atom stereocenters. The van der Waals surface area contributed by atoms with Gasteiger partial charge in [-0.15, -0.1) is 0 Å². The summed E-state index contributed by atoms with van der Waals surface area (Å²) in [6.45, 7) is 6.49. The number of hydrogen-bond acceptors (Lipinski definition) is 4. The zero-order valence-corrected chi connectivity index (χ0v) is 18.9. The number of rotatable bonds is 8. The first-order valence-corrected chi connectivity index (χ1v) is 10.5. The van der Waals surface area contributed by atoms with Crippen LogP contribution < -0.4 is 10.1 Å². The average molecular weight is 436 g/mol. The first-order valence-electron chi connectivity index (χ1n) is 10.5. The molecule has 0 unspecified atom stereocenters. The second-order valence-corrected chi connectivity index (χ2v) is 7.45. The highest BCUT2D eigenvalue weighted by molar-refractivity contribution is 5.93. The van der Waals surface area contributed by atoms with E-state index in [-0.39, 0.29) is 12.0 Å². The van der Waals surface area contributed by atoms with Crippen LogP contribution in [0.1, 0.15) is 39.8 Å². The number of aromatic nitrogens is 1. The second-order valence-electron chi connectivity index (χ2n) is 7.45. The molecule has 168 valence electrons. The van der Waals surface area contributed by atoms with E-state index < -0.39 is 0 Å². The minimum atomic E-state index is -0.361. The highest BCUT2D eigenvalue weighted by Gasteiger charge is 2.23. The first-order chi connectivity index (χ1) is 15.4. The third-order valence-electron chi connectivity index (χ3n) is 5.19. The normalized spacial score (nSPS) is 10.5. The van der Waals surface area contributed by atoms with E-state index >= 15 is 0 Å². The zero-order chi connectivity index (χ0) is 23.1. The number of aryl methyl sites for hydroxylation is 1. The van der Waals surface area contributed by atoms with Crippen molar-refractivity contribution in [1.29, 1.82) is 0 Å². The van der Waals surface area contributed by atoms with Gasteiger partial charge < -0.3 is 24.7 Å². The first kappa shape index (κ1) is 22.9. The van der Waals surface area contributed by atoms with Crippen molar-refractivity contribution in [3.05, 3.63) is 82.7 Å². The molecule has 0 aliphatic rings. The summed E-state index contributed by atoms with van der Waals surface area (Å²) in [5.74, 6) is 0.299. The number of carbonyl (C=O) groups is 2. The SMILES string of the molecule is CCOC(=O)c1c(C)[nH]c(CN(Cc2ccccc2)C(=O)Nc2cccc(OC)c2)c1C. The molecule has 2 amide bonds. The number of benzene rings is 2. The number of nitrogens with one attached hydrogen (secondary N) is 2. The largest absolute Gasteiger partial charge is 0.497 e. The van der Waals surface area contributed by atoms with E-state index in [2.05, 4.69) is 10.3 Å². The molecule has 0 bridgehead atoms. The molecule has 1 aromatic heterocycles. The van der Waals surface area contributed by atoms with E-state index in [4.69, 9.17) is 9.47 Å². The highest BCUT2D eigenvalue weighted by Crippen LogP contribution is 2.23. The lowest BCUT2D eigenvalue weighted by molar-refractivity contribution is 0.0525. The maximum Gasteiger partial charge on any atom is 0.340 e. The van der Waals surface area contributed by atoms with Crippen molar-refractivity contribution < 1.29 is 19.1 Å². The Balaban J connectivity index is 1.87. The monoisotopic (exact) mass is 435 g/mol. The Bertz CT molecular complexity index is 1080. The topological polar surface area (TPSA) is 83.7 Å². The van der Waals surface area contributed by atoms with Crippen LogP contribution in [0.3, 0.4) is 0 Å². The number of aromatic amines is 1. The summed E-state index contributed by atoms with van der Waals surface area (Å²) in [5.41, 5.74) is 4.47. The van der Waals surface area contributed by atoms with Crippen molar-refractivity contribution in [2.45, 2.75) is 33.9 Å². The molecule has 0 fully saturated rings. The van der Waals surface area contributed by atoms with Crippen molar-refractivity contribution in [2.75, 3.05) is 19.0 Å². The van der Waals surface area contributed by atoms with Crippen molar-refractivity contribution in [3.8, 4) is 5.75 Å². The molecule has 1 heterocycles. The summed E-state index contributed by atoms with van der Waals surface area (Å²) >= 11 is 0. The van der Waals surface area contributed by atoms with E-state index in [1.807, 2.05) is 62.4 Å². The summed E-state index contributed by atoms with van der Waals surface area (Å²) in [6, 6.07) is 16.7. The molecule has 0 aliphatic heterocycles. The molecule has 0 spiro atoms. The Morgan fingerprint density at radius 1 is 1.03 bits per heavy atom. The maximum atomic E-state index is 13.2. The Morgan fingerprint density at radius 2 is 1.78 bits per heavy atom. The summed E-state index contributed by atoms with van der Waals surface area (Å²) in [5, 5.41) is 2.94. The van der Waals surface area contributed by atoms with Gasteiger partial charge in [0.25, 0.3) is 0 Å². The Morgan fingerprint density at radius 3 is 2.47 bits per heavy atom. The van der Waals surface area contributed by atoms with Gasteiger partial charge in [-0.25, -0.2) is 9.59 Å². The van der Waals surface area contributed by atoms with Crippen molar-refractivity contribution >= 4 is 17.7 Å². The molecule has 3 rings (SSSR count). The van der Waals surface area contributed by atoms with Gasteiger partial charge in [0.1, 0.15) is 5.75 Å². The van der Waals surface area contributed by atoms with Crippen LogP contribution in [0.2, 0.25) is 0 Å². The number of H-pyrrole nitrogens is 1. The van der Waals surface area contributed by atoms with Crippen LogP contribution in [0, 0.1) is 13.8 Å². The van der Waals surface area contributed by atoms with Gasteiger partial charge >= 0.3 is 12.0 Å². The van der Waals surface area contributed by atoms with Crippen LogP contribution in [0.25, 0.3) is 0 Å². The van der Waals surface area contributed by atoms with Crippen LogP contribution in [0.15, 0.2) is 54.6 Å². The van der Waals surface area contributed by atoms with Crippen LogP contribution >= 0.6 is 0 Å². The number of urea groups is 1. The van der Waals surface area contributed by atoms with Gasteiger partial charge in [-0.1, -0.05) is 36.4 Å². The lowest BCUT2D eigenvalue weighted by atomic mass is 10.1. The Hall–Kier alpha value is -3.74. The molecule has 7 heteroatoms. The molecular formula is C25H29N3O4. The summed E-state index contributed by atoms with van der Waals surface area (Å²) < 4.78 is 10.4. The van der Waals surface area contributed by atoms with E-state index in [9.17, 15) is 9.59 Å². The third-order valence-corrected chi connectivity index (χ3v) is 5.19. The number of esters is 1. The summed E-state index contributed by atoms with van der Waals surface area (Å²) in [7, 11) is 1.58. The fourth-order valence-corrected chi connectivity index (χ4v) is 3.58. The van der Waals surface area contributed by atoms with E-state index in [1.165, 1.54) is 0 Å². The van der Waals surface area contributed by atoms with Crippen LogP contribution in [0.5, 0.6) is 5.75 Å². The van der Waals surface area contributed by atoms with Gasteiger partial charge in [0, 0.05) is 29.7 Å². The van der Waals surface area contributed by atoms with Gasteiger partial charge in [-0.05, 0) is 44.0 Å². The molecule has 2 aromatic carbocycles. The number of ether oxygens (including phenoxy) is 2. The predicted octanol–water partition coefficient (Wildman–Crippen LogP) is 5.05. The summed E-state index contributed by atoms with van der Waals surface area (Å²) in [6.07, 6.45) is 0. The predicted molar refractivity (Wildman–Crippen MR) is 124 cm³/mol. The fraction of sp³-hybridized carbons (Fsp3) is 0.280. The van der Waals surface area contributed by atoms with Gasteiger partial charge in [0.05, 0.1) is 25.8 Å². The van der Waals surface area contributed by atoms with E-state index in [0.717, 1.165) is 22.5 Å². The summed E-state index contributed by atoms with van der Waals surface area (Å²) in [4.78, 5) is 30.6. The van der Waals surface area contributed by atoms with Crippen molar-refractivity contribution in [3.63, 3.8) is 0 Å². The molecule has 3 aromatic rings. The van der Waals surface area contributed by atoms with Gasteiger partial charge in [-0.3, -0.25) is 0 Å². The highest BCUT2D eigenvalue weighted by atomic mass is 16.5. The van der Waals surface area contributed by atoms with Gasteiger partial charge in [-0.2, -0.15) is 0 Å². The van der Waals surface area contributed by atoms with Crippen molar-refractivity contribution in [2.24, 2.45) is 0 Å². The molecule has 0 aliphatic carbocycles. The molecule has 0 saturated heterocycles. The lowest BCUT2D eigenvalue weighted by Crippen LogP contribution is -2.34. The standard InChI is InChI=1S/C25H29N3O4/c1-5-32-24(29)23-17(2)22(26-18(23)3)16-28(15-19-10-7-6-8-11-19)25(30)27-20-12-9-13-21(14-20)31-4/h6-14,26H,5,15-16H2,1-4H3,(H,27,30). The van der Waals surface area contributed by atoms with E-state index in [1.54, 1.807) is 25.0 Å². The molecule has 0 radical (unpaired) electrons. The number of nitrogens with zero attached hydrogens (tertiary/aromatic N) is 1.